The molecule has 0 aliphatic carbocycles. The summed E-state index contributed by atoms with van der Waals surface area (Å²) in [4.78, 5) is 7.72. The van der Waals surface area contributed by atoms with Crippen molar-refractivity contribution < 1.29 is 26.7 Å². The van der Waals surface area contributed by atoms with Crippen molar-refractivity contribution in [1.82, 2.24) is 14.3 Å². The minimum absolute atomic E-state index is 0.0566. The number of rotatable bonds is 5. The summed E-state index contributed by atoms with van der Waals surface area (Å²) in [5.41, 5.74) is 0. The number of nitrogens with zero attached hydrogens (tertiary/aromatic N) is 3. The van der Waals surface area contributed by atoms with E-state index < -0.39 is 27.8 Å². The molecule has 10 heteroatoms. The zero-order valence-corrected chi connectivity index (χ0v) is 14.7. The van der Waals surface area contributed by atoms with Crippen molar-refractivity contribution in [3.05, 3.63) is 42.2 Å². The highest BCUT2D eigenvalue weighted by Crippen LogP contribution is 2.26. The van der Waals surface area contributed by atoms with Crippen LogP contribution in [0.2, 0.25) is 0 Å². The van der Waals surface area contributed by atoms with Gasteiger partial charge < -0.3 is 9.47 Å². The molecule has 1 aliphatic heterocycles. The van der Waals surface area contributed by atoms with E-state index in [2.05, 4.69) is 9.97 Å². The van der Waals surface area contributed by atoms with Gasteiger partial charge in [-0.1, -0.05) is 0 Å². The molecule has 1 aromatic heterocycles. The van der Waals surface area contributed by atoms with Crippen molar-refractivity contribution >= 4 is 10.0 Å². The van der Waals surface area contributed by atoms with E-state index in [0.29, 0.717) is 18.9 Å². The highest BCUT2D eigenvalue weighted by molar-refractivity contribution is 7.89. The van der Waals surface area contributed by atoms with Crippen molar-refractivity contribution in [3.8, 4) is 11.8 Å². The molecule has 1 saturated heterocycles. The SMILES string of the molecule is COc1nccnc1OC1CCCN(S(=O)(=O)c2ccc(F)c(F)c2)C1. The van der Waals surface area contributed by atoms with E-state index >= 15 is 0 Å². The van der Waals surface area contributed by atoms with Crippen LogP contribution in [0.5, 0.6) is 11.8 Å². The quantitative estimate of drug-likeness (QED) is 0.783. The van der Waals surface area contributed by atoms with Gasteiger partial charge >= 0.3 is 0 Å². The highest BCUT2D eigenvalue weighted by atomic mass is 32.2. The van der Waals surface area contributed by atoms with Gasteiger partial charge in [-0.2, -0.15) is 4.31 Å². The number of methoxy groups -OCH3 is 1. The predicted molar refractivity (Wildman–Crippen MR) is 87.4 cm³/mol. The lowest BCUT2D eigenvalue weighted by atomic mass is 10.1. The molecule has 2 aromatic rings. The third-order valence-corrected chi connectivity index (χ3v) is 5.84. The zero-order chi connectivity index (χ0) is 18.7. The van der Waals surface area contributed by atoms with E-state index in [0.717, 1.165) is 12.1 Å². The van der Waals surface area contributed by atoms with Crippen molar-refractivity contribution in [2.45, 2.75) is 23.8 Å². The Morgan fingerprint density at radius 1 is 1.15 bits per heavy atom. The molecule has 140 valence electrons. The van der Waals surface area contributed by atoms with Crippen molar-refractivity contribution in [3.63, 3.8) is 0 Å². The van der Waals surface area contributed by atoms with Crippen LogP contribution < -0.4 is 9.47 Å². The van der Waals surface area contributed by atoms with Crippen molar-refractivity contribution in [2.75, 3.05) is 20.2 Å². The maximum absolute atomic E-state index is 13.4. The lowest BCUT2D eigenvalue weighted by Crippen LogP contribution is -2.44. The Hall–Kier alpha value is -2.33. The second-order valence-corrected chi connectivity index (χ2v) is 7.63. The standard InChI is InChI=1S/C16H17F2N3O4S/c1-24-15-16(20-7-6-19-15)25-11-3-2-8-21(10-11)26(22,23)12-4-5-13(17)14(18)9-12/h4-7,9,11H,2-3,8,10H2,1H3. The fourth-order valence-corrected chi connectivity index (χ4v) is 4.22. The summed E-state index contributed by atoms with van der Waals surface area (Å²) in [7, 11) is -2.53. The van der Waals surface area contributed by atoms with Crippen LogP contribution in [-0.2, 0) is 10.0 Å². The molecule has 1 fully saturated rings. The smallest absolute Gasteiger partial charge is 0.278 e. The van der Waals surface area contributed by atoms with Gasteiger partial charge in [0.25, 0.3) is 11.8 Å². The summed E-state index contributed by atoms with van der Waals surface area (Å²) in [5.74, 6) is -1.93. The van der Waals surface area contributed by atoms with E-state index in [4.69, 9.17) is 9.47 Å². The fourth-order valence-electron chi connectivity index (χ4n) is 2.70. The first kappa shape index (κ1) is 18.5. The van der Waals surface area contributed by atoms with Gasteiger partial charge in [0.1, 0.15) is 6.10 Å². The third-order valence-electron chi connectivity index (χ3n) is 3.97. The number of benzene rings is 1. The number of piperidine rings is 1. The van der Waals surface area contributed by atoms with Crippen LogP contribution in [0.3, 0.4) is 0 Å². The minimum Gasteiger partial charge on any atom is -0.477 e. The number of hydrogen-bond donors (Lipinski definition) is 0. The highest BCUT2D eigenvalue weighted by Gasteiger charge is 2.32. The number of halogens is 2. The summed E-state index contributed by atoms with van der Waals surface area (Å²) in [5, 5.41) is 0. The Balaban J connectivity index is 1.78. The van der Waals surface area contributed by atoms with Gasteiger partial charge in [0.15, 0.2) is 11.6 Å². The number of sulfonamides is 1. The summed E-state index contributed by atoms with van der Waals surface area (Å²) < 4.78 is 63.9. The molecule has 1 aliphatic rings. The van der Waals surface area contributed by atoms with E-state index in [1.54, 1.807) is 0 Å². The monoisotopic (exact) mass is 385 g/mol. The topological polar surface area (TPSA) is 81.6 Å². The summed E-state index contributed by atoms with van der Waals surface area (Å²) >= 11 is 0. The van der Waals surface area contributed by atoms with Crippen LogP contribution in [0.25, 0.3) is 0 Å². The zero-order valence-electron chi connectivity index (χ0n) is 13.9. The van der Waals surface area contributed by atoms with Crippen molar-refractivity contribution in [1.29, 1.82) is 0 Å². The molecule has 0 bridgehead atoms. The molecule has 0 saturated carbocycles. The average molecular weight is 385 g/mol. The van der Waals surface area contributed by atoms with E-state index in [-0.39, 0.29) is 29.7 Å². The maximum Gasteiger partial charge on any atom is 0.278 e. The second kappa shape index (κ2) is 7.50. The maximum atomic E-state index is 13.4. The molecule has 0 radical (unpaired) electrons. The van der Waals surface area contributed by atoms with Crippen LogP contribution >= 0.6 is 0 Å². The van der Waals surface area contributed by atoms with Crippen LogP contribution in [0, 0.1) is 11.6 Å². The van der Waals surface area contributed by atoms with E-state index in [1.165, 1.54) is 23.8 Å². The van der Waals surface area contributed by atoms with Gasteiger partial charge in [-0.05, 0) is 31.0 Å². The first-order chi connectivity index (χ1) is 12.4. The van der Waals surface area contributed by atoms with Crippen molar-refractivity contribution in [2.24, 2.45) is 0 Å². The van der Waals surface area contributed by atoms with E-state index in [1.807, 2.05) is 0 Å². The summed E-state index contributed by atoms with van der Waals surface area (Å²) in [6.07, 6.45) is 3.59. The Kier molecular flexibility index (Phi) is 5.33. The van der Waals surface area contributed by atoms with Gasteiger partial charge in [-0.15, -0.1) is 0 Å². The first-order valence-corrected chi connectivity index (χ1v) is 9.32. The van der Waals surface area contributed by atoms with Crippen LogP contribution in [-0.4, -0.2) is 49.0 Å². The molecule has 26 heavy (non-hydrogen) atoms. The second-order valence-electron chi connectivity index (χ2n) is 5.69. The largest absolute Gasteiger partial charge is 0.477 e. The van der Waals surface area contributed by atoms with Crippen LogP contribution in [0.1, 0.15) is 12.8 Å². The Morgan fingerprint density at radius 2 is 1.88 bits per heavy atom. The molecular weight excluding hydrogens is 368 g/mol. The van der Waals surface area contributed by atoms with Crippen LogP contribution in [0.15, 0.2) is 35.5 Å². The van der Waals surface area contributed by atoms with Gasteiger partial charge in [0, 0.05) is 18.9 Å². The third kappa shape index (κ3) is 3.75. The van der Waals surface area contributed by atoms with Gasteiger partial charge in [-0.3, -0.25) is 0 Å². The molecule has 1 atom stereocenters. The Bertz CT molecular complexity index is 895. The molecule has 3 rings (SSSR count). The molecule has 0 N–H and O–H groups in total. The summed E-state index contributed by atoms with van der Waals surface area (Å²) in [6, 6.07) is 2.52. The molecule has 1 unspecified atom stereocenters. The summed E-state index contributed by atoms with van der Waals surface area (Å²) in [6.45, 7) is 0.319. The van der Waals surface area contributed by atoms with Crippen LogP contribution in [0.4, 0.5) is 8.78 Å². The number of hydrogen-bond acceptors (Lipinski definition) is 6. The Morgan fingerprint density at radius 3 is 2.58 bits per heavy atom. The molecule has 2 heterocycles. The normalized spacial score (nSPS) is 18.5. The number of aromatic nitrogens is 2. The number of ether oxygens (including phenoxy) is 2. The molecule has 1 aromatic carbocycles. The van der Waals surface area contributed by atoms with Gasteiger partial charge in [-0.25, -0.2) is 27.2 Å². The molecule has 7 nitrogen and oxygen atoms in total. The van der Waals surface area contributed by atoms with E-state index in [9.17, 15) is 17.2 Å². The lowest BCUT2D eigenvalue weighted by Gasteiger charge is -2.31. The predicted octanol–water partition coefficient (Wildman–Crippen LogP) is 2.00. The first-order valence-electron chi connectivity index (χ1n) is 7.88. The lowest BCUT2D eigenvalue weighted by molar-refractivity contribution is 0.119. The minimum atomic E-state index is -3.96. The van der Waals surface area contributed by atoms with Gasteiger partial charge in [0.2, 0.25) is 10.0 Å². The molecule has 0 spiro atoms. The Labute approximate surface area is 149 Å². The van der Waals surface area contributed by atoms with Gasteiger partial charge in [0.05, 0.1) is 18.6 Å². The fraction of sp³-hybridized carbons (Fsp3) is 0.375. The molecule has 0 amide bonds. The average Bonchev–Trinajstić information content (AvgIpc) is 2.64. The molecular formula is C16H17F2N3O4S.